The van der Waals surface area contributed by atoms with Crippen LogP contribution in [0.4, 0.5) is 0 Å². The van der Waals surface area contributed by atoms with Crippen molar-refractivity contribution < 1.29 is 9.53 Å². The van der Waals surface area contributed by atoms with Crippen molar-refractivity contribution in [3.63, 3.8) is 0 Å². The standard InChI is InChI=1S/C17H13N3O3S/c1-9-13-15(21)19-10(2)20-16(13)24-14(9)17(22)23-8-12-5-3-4-11(6-12)7-18/h3-6H,8H2,1-2H3,(H,19,20,21). The summed E-state index contributed by atoms with van der Waals surface area (Å²) in [6.07, 6.45) is 0. The largest absolute Gasteiger partial charge is 0.457 e. The number of carbonyl (C=O) groups is 1. The molecule has 0 radical (unpaired) electrons. The van der Waals surface area contributed by atoms with Gasteiger partial charge in [0.25, 0.3) is 5.56 Å². The third-order valence-corrected chi connectivity index (χ3v) is 4.70. The molecule has 0 aliphatic carbocycles. The van der Waals surface area contributed by atoms with Crippen LogP contribution >= 0.6 is 11.3 Å². The molecule has 2 aromatic heterocycles. The van der Waals surface area contributed by atoms with Crippen LogP contribution in [0.5, 0.6) is 0 Å². The first-order chi connectivity index (χ1) is 11.5. The number of rotatable bonds is 3. The molecule has 24 heavy (non-hydrogen) atoms. The van der Waals surface area contributed by atoms with E-state index in [0.29, 0.717) is 32.0 Å². The molecule has 3 aromatic rings. The van der Waals surface area contributed by atoms with Crippen LogP contribution in [-0.4, -0.2) is 15.9 Å². The van der Waals surface area contributed by atoms with Crippen LogP contribution < -0.4 is 5.56 Å². The number of hydrogen-bond donors (Lipinski definition) is 1. The Bertz CT molecular complexity index is 1040. The summed E-state index contributed by atoms with van der Waals surface area (Å²) in [5, 5.41) is 9.31. The fourth-order valence-electron chi connectivity index (χ4n) is 2.39. The number of ether oxygens (including phenoxy) is 1. The highest BCUT2D eigenvalue weighted by Gasteiger charge is 2.20. The number of fused-ring (bicyclic) bond motifs is 1. The second-order valence-electron chi connectivity index (χ2n) is 5.28. The Labute approximate surface area is 141 Å². The fourth-order valence-corrected chi connectivity index (χ4v) is 3.51. The predicted octanol–water partition coefficient (Wildman–Crippen LogP) is 2.83. The normalized spacial score (nSPS) is 10.5. The Morgan fingerprint density at radius 1 is 1.42 bits per heavy atom. The Kier molecular flexibility index (Phi) is 4.15. The van der Waals surface area contributed by atoms with Crippen molar-refractivity contribution in [2.75, 3.05) is 0 Å². The topological polar surface area (TPSA) is 95.8 Å². The number of hydrogen-bond acceptors (Lipinski definition) is 6. The highest BCUT2D eigenvalue weighted by Crippen LogP contribution is 2.27. The SMILES string of the molecule is Cc1nc2sc(C(=O)OCc3cccc(C#N)c3)c(C)c2c(=O)[nH]1. The average molecular weight is 339 g/mol. The van der Waals surface area contributed by atoms with Crippen molar-refractivity contribution in [2.45, 2.75) is 20.5 Å². The summed E-state index contributed by atoms with van der Waals surface area (Å²) < 4.78 is 5.32. The van der Waals surface area contributed by atoms with Crippen molar-refractivity contribution >= 4 is 27.5 Å². The molecule has 0 saturated heterocycles. The minimum atomic E-state index is -0.505. The number of aromatic amines is 1. The molecule has 0 unspecified atom stereocenters. The van der Waals surface area contributed by atoms with Crippen molar-refractivity contribution in [1.82, 2.24) is 9.97 Å². The highest BCUT2D eigenvalue weighted by molar-refractivity contribution is 7.20. The molecule has 0 amide bonds. The molecule has 7 heteroatoms. The summed E-state index contributed by atoms with van der Waals surface area (Å²) in [5.41, 5.74) is 1.55. The lowest BCUT2D eigenvalue weighted by molar-refractivity contribution is 0.0478. The first-order valence-corrected chi connectivity index (χ1v) is 7.97. The van der Waals surface area contributed by atoms with E-state index in [1.54, 1.807) is 38.1 Å². The maximum Gasteiger partial charge on any atom is 0.349 e. The maximum absolute atomic E-state index is 12.3. The van der Waals surface area contributed by atoms with E-state index in [0.717, 1.165) is 16.9 Å². The molecule has 0 aliphatic heterocycles. The van der Waals surface area contributed by atoms with Gasteiger partial charge in [-0.1, -0.05) is 12.1 Å². The maximum atomic E-state index is 12.3. The van der Waals surface area contributed by atoms with Gasteiger partial charge in [0.15, 0.2) is 0 Å². The predicted molar refractivity (Wildman–Crippen MR) is 90.0 cm³/mol. The second-order valence-corrected chi connectivity index (χ2v) is 6.28. The number of H-pyrrole nitrogens is 1. The van der Waals surface area contributed by atoms with Gasteiger partial charge in [0.2, 0.25) is 0 Å². The molecule has 2 heterocycles. The van der Waals surface area contributed by atoms with Crippen LogP contribution in [0.2, 0.25) is 0 Å². The van der Waals surface area contributed by atoms with Crippen molar-refractivity contribution in [1.29, 1.82) is 5.26 Å². The Morgan fingerprint density at radius 2 is 2.21 bits per heavy atom. The van der Waals surface area contributed by atoms with Crippen molar-refractivity contribution in [3.05, 3.63) is 62.0 Å². The number of nitrogens with one attached hydrogen (secondary N) is 1. The quantitative estimate of drug-likeness (QED) is 0.740. The molecule has 3 rings (SSSR count). The number of carbonyl (C=O) groups excluding carboxylic acids is 1. The summed E-state index contributed by atoms with van der Waals surface area (Å²) >= 11 is 1.15. The van der Waals surface area contributed by atoms with E-state index in [1.807, 2.05) is 6.07 Å². The fraction of sp³-hybridized carbons (Fsp3) is 0.176. The van der Waals surface area contributed by atoms with Gasteiger partial charge in [-0.15, -0.1) is 11.3 Å². The molecule has 0 fully saturated rings. The Morgan fingerprint density at radius 3 is 2.96 bits per heavy atom. The van der Waals surface area contributed by atoms with E-state index in [2.05, 4.69) is 9.97 Å². The van der Waals surface area contributed by atoms with E-state index >= 15 is 0 Å². The number of esters is 1. The molecule has 0 saturated carbocycles. The average Bonchev–Trinajstić information content (AvgIpc) is 2.89. The van der Waals surface area contributed by atoms with Gasteiger partial charge < -0.3 is 9.72 Å². The van der Waals surface area contributed by atoms with Crippen LogP contribution in [0, 0.1) is 25.2 Å². The smallest absolute Gasteiger partial charge is 0.349 e. The number of thiophene rings is 1. The van der Waals surface area contributed by atoms with Gasteiger partial charge in [0.1, 0.15) is 22.1 Å². The van der Waals surface area contributed by atoms with Crippen LogP contribution in [-0.2, 0) is 11.3 Å². The third-order valence-electron chi connectivity index (χ3n) is 3.53. The molecular weight excluding hydrogens is 326 g/mol. The van der Waals surface area contributed by atoms with E-state index in [1.165, 1.54) is 0 Å². The zero-order valence-corrected chi connectivity index (χ0v) is 13.9. The van der Waals surface area contributed by atoms with E-state index in [9.17, 15) is 9.59 Å². The lowest BCUT2D eigenvalue weighted by Crippen LogP contribution is -2.10. The minimum Gasteiger partial charge on any atom is -0.457 e. The molecular formula is C17H13N3O3S. The Hall–Kier alpha value is -2.98. The first kappa shape index (κ1) is 15.9. The van der Waals surface area contributed by atoms with Gasteiger partial charge in [0, 0.05) is 0 Å². The van der Waals surface area contributed by atoms with Gasteiger partial charge in [-0.25, -0.2) is 9.78 Å². The molecule has 1 N–H and O–H groups in total. The Balaban J connectivity index is 1.86. The lowest BCUT2D eigenvalue weighted by Gasteiger charge is -2.04. The van der Waals surface area contributed by atoms with Crippen molar-refractivity contribution in [2.24, 2.45) is 0 Å². The van der Waals surface area contributed by atoms with E-state index in [4.69, 9.17) is 10.00 Å². The van der Waals surface area contributed by atoms with E-state index < -0.39 is 5.97 Å². The zero-order valence-electron chi connectivity index (χ0n) is 13.0. The zero-order chi connectivity index (χ0) is 17.3. The summed E-state index contributed by atoms with van der Waals surface area (Å²) in [4.78, 5) is 32.2. The first-order valence-electron chi connectivity index (χ1n) is 7.16. The van der Waals surface area contributed by atoms with Crippen LogP contribution in [0.25, 0.3) is 10.2 Å². The highest BCUT2D eigenvalue weighted by atomic mass is 32.1. The number of aromatic nitrogens is 2. The van der Waals surface area contributed by atoms with Gasteiger partial charge in [0.05, 0.1) is 17.0 Å². The number of benzene rings is 1. The summed E-state index contributed by atoms with van der Waals surface area (Å²) in [7, 11) is 0. The lowest BCUT2D eigenvalue weighted by atomic mass is 10.1. The molecule has 0 aliphatic rings. The monoisotopic (exact) mass is 339 g/mol. The van der Waals surface area contributed by atoms with E-state index in [-0.39, 0.29) is 12.2 Å². The van der Waals surface area contributed by atoms with Gasteiger partial charge >= 0.3 is 5.97 Å². The van der Waals surface area contributed by atoms with Gasteiger partial charge in [-0.3, -0.25) is 4.79 Å². The van der Waals surface area contributed by atoms with Gasteiger partial charge in [-0.05, 0) is 37.1 Å². The molecule has 6 nitrogen and oxygen atoms in total. The molecule has 0 spiro atoms. The van der Waals surface area contributed by atoms with Crippen LogP contribution in [0.15, 0.2) is 29.1 Å². The summed E-state index contributed by atoms with van der Waals surface area (Å²) in [5.74, 6) is -0.00287. The third kappa shape index (κ3) is 2.92. The summed E-state index contributed by atoms with van der Waals surface area (Å²) in [6, 6.07) is 8.90. The molecule has 0 bridgehead atoms. The van der Waals surface area contributed by atoms with Crippen LogP contribution in [0.1, 0.15) is 32.2 Å². The summed E-state index contributed by atoms with van der Waals surface area (Å²) in [6.45, 7) is 3.46. The molecule has 1 aromatic carbocycles. The number of nitriles is 1. The van der Waals surface area contributed by atoms with Crippen molar-refractivity contribution in [3.8, 4) is 6.07 Å². The minimum absolute atomic E-state index is 0.0604. The number of nitrogens with zero attached hydrogens (tertiary/aromatic N) is 2. The second kappa shape index (κ2) is 6.26. The van der Waals surface area contributed by atoms with Gasteiger partial charge in [-0.2, -0.15) is 5.26 Å². The number of aryl methyl sites for hydroxylation is 2. The van der Waals surface area contributed by atoms with Crippen LogP contribution in [0.3, 0.4) is 0 Å². The molecule has 120 valence electrons. The molecule has 0 atom stereocenters.